The lowest BCUT2D eigenvalue weighted by molar-refractivity contribution is 0.0735. The van der Waals surface area contributed by atoms with E-state index in [4.69, 9.17) is 28.6 Å². The van der Waals surface area contributed by atoms with E-state index in [0.29, 0.717) is 22.0 Å². The minimum absolute atomic E-state index is 0.262. The number of thiocarbonyl (C=S) groups is 1. The minimum Gasteiger partial charge on any atom is -0.423 e. The summed E-state index contributed by atoms with van der Waals surface area (Å²) in [5, 5.41) is 7.50. The zero-order valence-corrected chi connectivity index (χ0v) is 16.5. The van der Waals surface area contributed by atoms with Crippen molar-refractivity contribution in [3.8, 4) is 5.75 Å². The predicted molar refractivity (Wildman–Crippen MR) is 116 cm³/mol. The SMILES string of the molecule is O=C(Oc1ccc(/C=N\NC(=S)Nc2ccc(F)cc2)cc1)c1ccccc1Cl. The summed E-state index contributed by atoms with van der Waals surface area (Å²) in [6.07, 6.45) is 1.55. The summed E-state index contributed by atoms with van der Waals surface area (Å²) in [6.45, 7) is 0. The first-order valence-corrected chi connectivity index (χ1v) is 9.22. The maximum Gasteiger partial charge on any atom is 0.345 e. The molecule has 0 atom stereocenters. The number of carbonyl (C=O) groups is 1. The summed E-state index contributed by atoms with van der Waals surface area (Å²) >= 11 is 11.1. The van der Waals surface area contributed by atoms with Gasteiger partial charge in [-0.25, -0.2) is 9.18 Å². The highest BCUT2D eigenvalue weighted by Crippen LogP contribution is 2.19. The van der Waals surface area contributed by atoms with E-state index in [1.165, 1.54) is 12.1 Å². The molecular formula is C21H15ClFN3O2S. The van der Waals surface area contributed by atoms with Crippen LogP contribution in [0, 0.1) is 5.82 Å². The van der Waals surface area contributed by atoms with E-state index in [9.17, 15) is 9.18 Å². The van der Waals surface area contributed by atoms with Gasteiger partial charge >= 0.3 is 5.97 Å². The number of benzene rings is 3. The Morgan fingerprint density at radius 3 is 2.41 bits per heavy atom. The number of hydrogen-bond donors (Lipinski definition) is 2. The fourth-order valence-corrected chi connectivity index (χ4v) is 2.65. The number of ether oxygens (including phenoxy) is 1. The van der Waals surface area contributed by atoms with E-state index in [0.717, 1.165) is 5.56 Å². The summed E-state index contributed by atoms with van der Waals surface area (Å²) in [5.41, 5.74) is 4.37. The molecule has 3 aromatic carbocycles. The molecule has 3 aromatic rings. The van der Waals surface area contributed by atoms with Crippen LogP contribution in [0.15, 0.2) is 77.9 Å². The molecular weight excluding hydrogens is 413 g/mol. The molecule has 0 saturated carbocycles. The Kier molecular flexibility index (Phi) is 6.89. The molecule has 0 saturated heterocycles. The number of hydrogen-bond acceptors (Lipinski definition) is 4. The second-order valence-corrected chi connectivity index (χ2v) is 6.58. The lowest BCUT2D eigenvalue weighted by Gasteiger charge is -2.07. The molecule has 5 nitrogen and oxygen atoms in total. The van der Waals surface area contributed by atoms with Crippen LogP contribution < -0.4 is 15.5 Å². The maximum absolute atomic E-state index is 12.9. The third kappa shape index (κ3) is 6.10. The van der Waals surface area contributed by atoms with Crippen LogP contribution in [0.3, 0.4) is 0 Å². The number of anilines is 1. The summed E-state index contributed by atoms with van der Waals surface area (Å²) in [5.74, 6) is -0.474. The van der Waals surface area contributed by atoms with Gasteiger partial charge in [0.05, 0.1) is 16.8 Å². The largest absolute Gasteiger partial charge is 0.423 e. The lowest BCUT2D eigenvalue weighted by atomic mass is 10.2. The summed E-state index contributed by atoms with van der Waals surface area (Å²) in [4.78, 5) is 12.2. The Balaban J connectivity index is 1.52. The Bertz CT molecular complexity index is 1040. The van der Waals surface area contributed by atoms with Crippen LogP contribution in [-0.4, -0.2) is 17.3 Å². The molecule has 8 heteroatoms. The van der Waals surface area contributed by atoms with Gasteiger partial charge in [0.1, 0.15) is 11.6 Å². The molecule has 0 heterocycles. The lowest BCUT2D eigenvalue weighted by Crippen LogP contribution is -2.23. The van der Waals surface area contributed by atoms with Gasteiger partial charge < -0.3 is 10.1 Å². The van der Waals surface area contributed by atoms with Crippen molar-refractivity contribution in [2.24, 2.45) is 5.10 Å². The average Bonchev–Trinajstić information content (AvgIpc) is 2.71. The number of hydrazone groups is 1. The monoisotopic (exact) mass is 427 g/mol. The van der Waals surface area contributed by atoms with Crippen LogP contribution in [-0.2, 0) is 0 Å². The summed E-state index contributed by atoms with van der Waals surface area (Å²) < 4.78 is 18.2. The van der Waals surface area contributed by atoms with Crippen molar-refractivity contribution in [3.63, 3.8) is 0 Å². The molecule has 0 aliphatic heterocycles. The van der Waals surface area contributed by atoms with Crippen molar-refractivity contribution in [3.05, 3.63) is 94.8 Å². The quantitative estimate of drug-likeness (QED) is 0.197. The van der Waals surface area contributed by atoms with Crippen molar-refractivity contribution in [1.82, 2.24) is 5.43 Å². The van der Waals surface area contributed by atoms with Gasteiger partial charge in [0.25, 0.3) is 0 Å². The van der Waals surface area contributed by atoms with Crippen LogP contribution in [0.2, 0.25) is 5.02 Å². The topological polar surface area (TPSA) is 62.7 Å². The van der Waals surface area contributed by atoms with Crippen molar-refractivity contribution in [2.45, 2.75) is 0 Å². The number of nitrogens with zero attached hydrogens (tertiary/aromatic N) is 1. The first-order valence-electron chi connectivity index (χ1n) is 8.44. The smallest absolute Gasteiger partial charge is 0.345 e. The summed E-state index contributed by atoms with van der Waals surface area (Å²) in [7, 11) is 0. The van der Waals surface area contributed by atoms with Crippen LogP contribution in [0.25, 0.3) is 0 Å². The number of nitrogens with one attached hydrogen (secondary N) is 2. The molecule has 146 valence electrons. The first kappa shape index (κ1) is 20.4. The molecule has 0 aliphatic carbocycles. The standard InChI is InChI=1S/C21H15ClFN3O2S/c22-19-4-2-1-3-18(19)20(27)28-17-11-5-14(6-12-17)13-24-26-21(29)25-16-9-7-15(23)8-10-16/h1-13H,(H2,25,26,29)/b24-13-. The van der Waals surface area contributed by atoms with Crippen LogP contribution >= 0.6 is 23.8 Å². The van der Waals surface area contributed by atoms with E-state index < -0.39 is 5.97 Å². The van der Waals surface area contributed by atoms with Crippen molar-refractivity contribution in [1.29, 1.82) is 0 Å². The Morgan fingerprint density at radius 1 is 1.03 bits per heavy atom. The predicted octanol–water partition coefficient (Wildman–Crippen LogP) is 5.02. The van der Waals surface area contributed by atoms with Gasteiger partial charge in [-0.1, -0.05) is 23.7 Å². The van der Waals surface area contributed by atoms with E-state index >= 15 is 0 Å². The number of halogens is 2. The van der Waals surface area contributed by atoms with Gasteiger partial charge in [0, 0.05) is 5.69 Å². The zero-order valence-electron chi connectivity index (χ0n) is 14.9. The Hall–Kier alpha value is -3.29. The molecule has 29 heavy (non-hydrogen) atoms. The highest BCUT2D eigenvalue weighted by Gasteiger charge is 2.11. The van der Waals surface area contributed by atoms with Crippen LogP contribution in [0.4, 0.5) is 10.1 Å². The third-order valence-corrected chi connectivity index (χ3v) is 4.19. The first-order chi connectivity index (χ1) is 14.0. The molecule has 0 bridgehead atoms. The molecule has 0 fully saturated rings. The van der Waals surface area contributed by atoms with E-state index in [1.807, 2.05) is 0 Å². The van der Waals surface area contributed by atoms with Gasteiger partial charge in [-0.3, -0.25) is 5.43 Å². The normalized spacial score (nSPS) is 10.6. The highest BCUT2D eigenvalue weighted by molar-refractivity contribution is 7.80. The van der Waals surface area contributed by atoms with E-state index in [2.05, 4.69) is 15.8 Å². The van der Waals surface area contributed by atoms with Crippen molar-refractivity contribution in [2.75, 3.05) is 5.32 Å². The van der Waals surface area contributed by atoms with Crippen LogP contribution in [0.5, 0.6) is 5.75 Å². The second kappa shape index (κ2) is 9.77. The molecule has 0 aromatic heterocycles. The number of esters is 1. The molecule has 2 N–H and O–H groups in total. The van der Waals surface area contributed by atoms with Gasteiger partial charge in [0.2, 0.25) is 0 Å². The molecule has 0 amide bonds. The van der Waals surface area contributed by atoms with Crippen molar-refractivity contribution >= 4 is 46.8 Å². The van der Waals surface area contributed by atoms with E-state index in [1.54, 1.807) is 66.9 Å². The molecule has 0 spiro atoms. The van der Waals surface area contributed by atoms with Gasteiger partial charge in [-0.05, 0) is 78.4 Å². The zero-order chi connectivity index (χ0) is 20.6. The fourth-order valence-electron chi connectivity index (χ4n) is 2.27. The Morgan fingerprint density at radius 2 is 1.72 bits per heavy atom. The van der Waals surface area contributed by atoms with Gasteiger partial charge in [-0.15, -0.1) is 0 Å². The number of rotatable bonds is 5. The molecule has 0 unspecified atom stereocenters. The minimum atomic E-state index is -0.532. The molecule has 0 radical (unpaired) electrons. The van der Waals surface area contributed by atoms with Gasteiger partial charge in [0.15, 0.2) is 5.11 Å². The highest BCUT2D eigenvalue weighted by atomic mass is 35.5. The van der Waals surface area contributed by atoms with Crippen LogP contribution in [0.1, 0.15) is 15.9 Å². The van der Waals surface area contributed by atoms with Crippen molar-refractivity contribution < 1.29 is 13.9 Å². The average molecular weight is 428 g/mol. The molecule has 3 rings (SSSR count). The third-order valence-electron chi connectivity index (χ3n) is 3.67. The number of carbonyl (C=O) groups excluding carboxylic acids is 1. The maximum atomic E-state index is 12.9. The second-order valence-electron chi connectivity index (χ2n) is 5.77. The van der Waals surface area contributed by atoms with Gasteiger partial charge in [-0.2, -0.15) is 5.10 Å². The van der Waals surface area contributed by atoms with E-state index in [-0.39, 0.29) is 10.9 Å². The Labute approximate surface area is 177 Å². The molecule has 0 aliphatic rings. The summed E-state index contributed by atoms with van der Waals surface area (Å²) in [6, 6.07) is 19.2. The fraction of sp³-hybridized carbons (Fsp3) is 0.